The van der Waals surface area contributed by atoms with E-state index in [4.69, 9.17) is 9.47 Å². The van der Waals surface area contributed by atoms with Gasteiger partial charge in [-0.25, -0.2) is 0 Å². The van der Waals surface area contributed by atoms with Crippen molar-refractivity contribution in [3.63, 3.8) is 0 Å². The number of esters is 1. The summed E-state index contributed by atoms with van der Waals surface area (Å²) in [5.41, 5.74) is 0. The Morgan fingerprint density at radius 3 is 3.29 bits per heavy atom. The lowest BCUT2D eigenvalue weighted by Gasteiger charge is -2.22. The van der Waals surface area contributed by atoms with Crippen molar-refractivity contribution in [1.82, 2.24) is 5.32 Å². The number of carbonyl (C=O) groups is 1. The van der Waals surface area contributed by atoms with Crippen molar-refractivity contribution in [2.75, 3.05) is 26.3 Å². The Bertz CT molecular complexity index is 334. The number of carbonyl (C=O) groups excluding carboxylic acids is 1. The van der Waals surface area contributed by atoms with Crippen LogP contribution in [0.3, 0.4) is 0 Å². The Labute approximate surface area is 105 Å². The van der Waals surface area contributed by atoms with Crippen LogP contribution in [0.5, 0.6) is 0 Å². The molecule has 1 aromatic heterocycles. The number of rotatable bonds is 5. The van der Waals surface area contributed by atoms with Gasteiger partial charge in [-0.2, -0.15) is 0 Å². The minimum Gasteiger partial charge on any atom is -0.465 e. The average Bonchev–Trinajstić information content (AvgIpc) is 2.83. The Morgan fingerprint density at radius 2 is 2.59 bits per heavy atom. The van der Waals surface area contributed by atoms with Gasteiger partial charge in [-0.05, 0) is 11.4 Å². The lowest BCUT2D eigenvalue weighted by molar-refractivity contribution is -0.147. The van der Waals surface area contributed by atoms with Crippen molar-refractivity contribution in [2.24, 2.45) is 0 Å². The lowest BCUT2D eigenvalue weighted by Crippen LogP contribution is -2.39. The molecule has 2 heterocycles. The van der Waals surface area contributed by atoms with Crippen LogP contribution in [0, 0.1) is 0 Å². The molecule has 1 fully saturated rings. The number of ether oxygens (including phenoxy) is 2. The SMILES string of the molecule is O=C(CC1CNCCO1)OCCc1cccs1. The fourth-order valence-corrected chi connectivity index (χ4v) is 2.41. The van der Waals surface area contributed by atoms with Gasteiger partial charge in [0.1, 0.15) is 0 Å². The van der Waals surface area contributed by atoms with Crippen molar-refractivity contribution >= 4 is 17.3 Å². The first kappa shape index (κ1) is 12.5. The standard InChI is InChI=1S/C12H17NO3S/c14-12(8-10-9-13-4-6-15-10)16-5-3-11-2-1-7-17-11/h1-2,7,10,13H,3-6,8-9H2. The van der Waals surface area contributed by atoms with Crippen molar-refractivity contribution in [3.8, 4) is 0 Å². The number of morpholine rings is 1. The van der Waals surface area contributed by atoms with E-state index in [-0.39, 0.29) is 12.1 Å². The van der Waals surface area contributed by atoms with Gasteiger partial charge in [0.15, 0.2) is 0 Å². The maximum absolute atomic E-state index is 11.5. The third-order valence-corrected chi connectivity index (χ3v) is 3.53. The summed E-state index contributed by atoms with van der Waals surface area (Å²) in [4.78, 5) is 12.8. The Balaban J connectivity index is 1.60. The first-order valence-electron chi connectivity index (χ1n) is 5.85. The molecule has 0 aromatic carbocycles. The number of nitrogens with one attached hydrogen (secondary N) is 1. The van der Waals surface area contributed by atoms with E-state index in [0.29, 0.717) is 19.6 Å². The summed E-state index contributed by atoms with van der Waals surface area (Å²) in [6.45, 7) is 2.73. The quantitative estimate of drug-likeness (QED) is 0.804. The van der Waals surface area contributed by atoms with Gasteiger partial charge in [0, 0.05) is 24.4 Å². The highest BCUT2D eigenvalue weighted by Crippen LogP contribution is 2.09. The van der Waals surface area contributed by atoms with Crippen LogP contribution >= 0.6 is 11.3 Å². The van der Waals surface area contributed by atoms with E-state index in [1.165, 1.54) is 4.88 Å². The van der Waals surface area contributed by atoms with E-state index in [1.807, 2.05) is 17.5 Å². The van der Waals surface area contributed by atoms with Crippen LogP contribution in [-0.2, 0) is 20.7 Å². The van der Waals surface area contributed by atoms with Crippen molar-refractivity contribution in [2.45, 2.75) is 18.9 Å². The third kappa shape index (κ3) is 4.46. The molecule has 0 aliphatic carbocycles. The minimum atomic E-state index is -0.171. The molecule has 1 aliphatic heterocycles. The van der Waals surface area contributed by atoms with Gasteiger partial charge in [-0.15, -0.1) is 11.3 Å². The molecule has 0 bridgehead atoms. The Morgan fingerprint density at radius 1 is 1.65 bits per heavy atom. The minimum absolute atomic E-state index is 0.0296. The van der Waals surface area contributed by atoms with Gasteiger partial charge in [-0.3, -0.25) is 4.79 Å². The molecule has 1 saturated heterocycles. The molecule has 1 aromatic rings. The first-order chi connectivity index (χ1) is 8.34. The molecular formula is C12H17NO3S. The van der Waals surface area contributed by atoms with Crippen molar-refractivity contribution in [1.29, 1.82) is 0 Å². The molecule has 1 atom stereocenters. The molecular weight excluding hydrogens is 238 g/mol. The molecule has 1 N–H and O–H groups in total. The predicted molar refractivity (Wildman–Crippen MR) is 66.2 cm³/mol. The highest BCUT2D eigenvalue weighted by molar-refractivity contribution is 7.09. The van der Waals surface area contributed by atoms with Gasteiger partial charge >= 0.3 is 5.97 Å². The van der Waals surface area contributed by atoms with Gasteiger partial charge in [0.2, 0.25) is 0 Å². The second kappa shape index (κ2) is 6.74. The van der Waals surface area contributed by atoms with Crippen LogP contribution in [0.15, 0.2) is 17.5 Å². The van der Waals surface area contributed by atoms with E-state index in [9.17, 15) is 4.79 Å². The fraction of sp³-hybridized carbons (Fsp3) is 0.583. The van der Waals surface area contributed by atoms with Gasteiger partial charge in [-0.1, -0.05) is 6.07 Å². The Kier molecular flexibility index (Phi) is 4.97. The zero-order valence-electron chi connectivity index (χ0n) is 9.69. The normalized spacial score (nSPS) is 20.1. The van der Waals surface area contributed by atoms with E-state index in [0.717, 1.165) is 19.5 Å². The number of hydrogen-bond acceptors (Lipinski definition) is 5. The van der Waals surface area contributed by atoms with Crippen LogP contribution in [0.4, 0.5) is 0 Å². The van der Waals surface area contributed by atoms with E-state index < -0.39 is 0 Å². The number of hydrogen-bond donors (Lipinski definition) is 1. The summed E-state index contributed by atoms with van der Waals surface area (Å²) >= 11 is 1.68. The molecule has 94 valence electrons. The van der Waals surface area contributed by atoms with Crippen LogP contribution in [0.25, 0.3) is 0 Å². The molecule has 4 nitrogen and oxygen atoms in total. The molecule has 0 spiro atoms. The van der Waals surface area contributed by atoms with Crippen molar-refractivity contribution in [3.05, 3.63) is 22.4 Å². The molecule has 1 aliphatic rings. The molecule has 0 radical (unpaired) electrons. The molecule has 2 rings (SSSR count). The summed E-state index contributed by atoms with van der Waals surface area (Å²) in [6.07, 6.45) is 1.11. The summed E-state index contributed by atoms with van der Waals surface area (Å²) in [7, 11) is 0. The fourth-order valence-electron chi connectivity index (χ4n) is 1.72. The smallest absolute Gasteiger partial charge is 0.308 e. The highest BCUT2D eigenvalue weighted by Gasteiger charge is 2.17. The number of thiophene rings is 1. The first-order valence-corrected chi connectivity index (χ1v) is 6.73. The summed E-state index contributed by atoms with van der Waals surface area (Å²) in [5, 5.41) is 5.21. The predicted octanol–water partition coefficient (Wildman–Crippen LogP) is 1.21. The second-order valence-electron chi connectivity index (χ2n) is 3.95. The largest absolute Gasteiger partial charge is 0.465 e. The topological polar surface area (TPSA) is 47.6 Å². The maximum atomic E-state index is 11.5. The van der Waals surface area contributed by atoms with E-state index in [2.05, 4.69) is 5.32 Å². The molecule has 0 saturated carbocycles. The summed E-state index contributed by atoms with van der Waals surface area (Å²) < 4.78 is 10.6. The van der Waals surface area contributed by atoms with Gasteiger partial charge in [0.05, 0.1) is 25.7 Å². The van der Waals surface area contributed by atoms with Crippen LogP contribution in [0.1, 0.15) is 11.3 Å². The van der Waals surface area contributed by atoms with E-state index in [1.54, 1.807) is 11.3 Å². The maximum Gasteiger partial charge on any atom is 0.308 e. The summed E-state index contributed by atoms with van der Waals surface area (Å²) in [5.74, 6) is -0.171. The molecule has 0 amide bonds. The summed E-state index contributed by atoms with van der Waals surface area (Å²) in [6, 6.07) is 4.05. The third-order valence-electron chi connectivity index (χ3n) is 2.59. The molecule has 5 heteroatoms. The average molecular weight is 255 g/mol. The highest BCUT2D eigenvalue weighted by atomic mass is 32.1. The second-order valence-corrected chi connectivity index (χ2v) is 4.98. The van der Waals surface area contributed by atoms with Gasteiger partial charge < -0.3 is 14.8 Å². The zero-order chi connectivity index (χ0) is 11.9. The molecule has 1 unspecified atom stereocenters. The zero-order valence-corrected chi connectivity index (χ0v) is 10.5. The Hall–Kier alpha value is -0.910. The molecule has 17 heavy (non-hydrogen) atoms. The van der Waals surface area contributed by atoms with E-state index >= 15 is 0 Å². The lowest BCUT2D eigenvalue weighted by atomic mass is 10.2. The van der Waals surface area contributed by atoms with Gasteiger partial charge in [0.25, 0.3) is 0 Å². The van der Waals surface area contributed by atoms with Crippen molar-refractivity contribution < 1.29 is 14.3 Å². The van der Waals surface area contributed by atoms with Crippen LogP contribution in [-0.4, -0.2) is 38.4 Å². The van der Waals surface area contributed by atoms with Crippen LogP contribution in [0.2, 0.25) is 0 Å². The monoisotopic (exact) mass is 255 g/mol. The van der Waals surface area contributed by atoms with Crippen LogP contribution < -0.4 is 5.32 Å².